The maximum Gasteiger partial charge on any atom is 0.237 e. The Kier molecular flexibility index (Phi) is 5.70. The smallest absolute Gasteiger partial charge is 0.237 e. The fraction of sp³-hybridized carbons (Fsp3) is 0.588. The first-order chi connectivity index (χ1) is 10.8. The number of rotatable bonds is 6. The molecule has 0 unspecified atom stereocenters. The third-order valence-corrected chi connectivity index (χ3v) is 4.30. The van der Waals surface area contributed by atoms with Gasteiger partial charge in [-0.15, -0.1) is 0 Å². The second kappa shape index (κ2) is 7.36. The van der Waals surface area contributed by atoms with Gasteiger partial charge in [0.25, 0.3) is 0 Å². The number of likely N-dealkylation sites (tertiary alicyclic amines) is 1. The summed E-state index contributed by atoms with van der Waals surface area (Å²) in [6.45, 7) is 5.11. The summed E-state index contributed by atoms with van der Waals surface area (Å²) < 4.78 is 26.8. The average molecular weight is 326 g/mol. The molecule has 23 heavy (non-hydrogen) atoms. The van der Waals surface area contributed by atoms with Crippen LogP contribution in [0.4, 0.5) is 8.78 Å². The molecule has 0 spiro atoms. The number of hydrogen-bond acceptors (Lipinski definition) is 3. The standard InChI is InChI=1S/C17H24F2N2O2/c1-3-8-21-9-4-5-15(21)16(22)20-11-17(2,23)13-7-6-12(18)10-14(13)19/h6-7,10,15,23H,3-5,8-9,11H2,1-2H3,(H,20,22)/t15-,17-/m1/s1. The van der Waals surface area contributed by atoms with Crippen LogP contribution in [0.5, 0.6) is 0 Å². The highest BCUT2D eigenvalue weighted by Gasteiger charge is 2.32. The van der Waals surface area contributed by atoms with Gasteiger partial charge in [0.05, 0.1) is 12.6 Å². The number of hydrogen-bond donors (Lipinski definition) is 2. The number of nitrogens with one attached hydrogen (secondary N) is 1. The molecular weight excluding hydrogens is 302 g/mol. The molecule has 1 fully saturated rings. The van der Waals surface area contributed by atoms with Crippen LogP contribution in [0, 0.1) is 11.6 Å². The molecule has 0 radical (unpaired) electrons. The Labute approximate surface area is 135 Å². The van der Waals surface area contributed by atoms with Crippen molar-refractivity contribution in [3.8, 4) is 0 Å². The van der Waals surface area contributed by atoms with Gasteiger partial charge in [-0.25, -0.2) is 8.78 Å². The zero-order valence-electron chi connectivity index (χ0n) is 13.6. The van der Waals surface area contributed by atoms with E-state index in [0.717, 1.165) is 44.5 Å². The van der Waals surface area contributed by atoms with Crippen molar-refractivity contribution in [2.24, 2.45) is 0 Å². The van der Waals surface area contributed by atoms with Gasteiger partial charge in [-0.3, -0.25) is 9.69 Å². The highest BCUT2D eigenvalue weighted by atomic mass is 19.1. The third-order valence-electron chi connectivity index (χ3n) is 4.30. The number of nitrogens with zero attached hydrogens (tertiary/aromatic N) is 1. The molecule has 1 aliphatic heterocycles. The van der Waals surface area contributed by atoms with Gasteiger partial charge in [-0.2, -0.15) is 0 Å². The van der Waals surface area contributed by atoms with Crippen LogP contribution >= 0.6 is 0 Å². The average Bonchev–Trinajstić information content (AvgIpc) is 2.93. The Bertz CT molecular complexity index is 564. The molecule has 4 nitrogen and oxygen atoms in total. The molecule has 2 N–H and O–H groups in total. The van der Waals surface area contributed by atoms with Crippen LogP contribution in [0.3, 0.4) is 0 Å². The maximum atomic E-state index is 13.8. The topological polar surface area (TPSA) is 52.6 Å². The van der Waals surface area contributed by atoms with Gasteiger partial charge in [0.2, 0.25) is 5.91 Å². The molecule has 1 saturated heterocycles. The van der Waals surface area contributed by atoms with Gasteiger partial charge in [-0.1, -0.05) is 13.0 Å². The zero-order chi connectivity index (χ0) is 17.0. The second-order valence-corrected chi connectivity index (χ2v) is 6.31. The SMILES string of the molecule is CCCN1CCC[C@@H]1C(=O)NC[C@@](C)(O)c1ccc(F)cc1F. The normalized spacial score (nSPS) is 21.2. The lowest BCUT2D eigenvalue weighted by molar-refractivity contribution is -0.126. The molecular formula is C17H24F2N2O2. The summed E-state index contributed by atoms with van der Waals surface area (Å²) in [4.78, 5) is 14.5. The predicted octanol–water partition coefficient (Wildman–Crippen LogP) is 2.16. The molecule has 0 saturated carbocycles. The van der Waals surface area contributed by atoms with E-state index < -0.39 is 17.2 Å². The molecule has 1 aliphatic rings. The molecule has 6 heteroatoms. The van der Waals surface area contributed by atoms with E-state index in [1.54, 1.807) is 0 Å². The van der Waals surface area contributed by atoms with Crippen molar-refractivity contribution in [2.45, 2.75) is 44.8 Å². The quantitative estimate of drug-likeness (QED) is 0.842. The molecule has 0 aliphatic carbocycles. The molecule has 1 heterocycles. The molecule has 0 bridgehead atoms. The van der Waals surface area contributed by atoms with Crippen LogP contribution in [0.15, 0.2) is 18.2 Å². The van der Waals surface area contributed by atoms with Gasteiger partial charge >= 0.3 is 0 Å². The first-order valence-corrected chi connectivity index (χ1v) is 8.05. The van der Waals surface area contributed by atoms with Gasteiger partial charge in [-0.05, 0) is 45.3 Å². The fourth-order valence-electron chi connectivity index (χ4n) is 3.08. The lowest BCUT2D eigenvalue weighted by Crippen LogP contribution is -2.47. The van der Waals surface area contributed by atoms with Gasteiger partial charge < -0.3 is 10.4 Å². The number of carbonyl (C=O) groups is 1. The first-order valence-electron chi connectivity index (χ1n) is 8.05. The summed E-state index contributed by atoms with van der Waals surface area (Å²) in [7, 11) is 0. The molecule has 0 aromatic heterocycles. The number of aliphatic hydroxyl groups is 1. The van der Waals surface area contributed by atoms with Crippen molar-refractivity contribution in [3.05, 3.63) is 35.4 Å². The lowest BCUT2D eigenvalue weighted by atomic mass is 9.95. The largest absolute Gasteiger partial charge is 0.383 e. The molecule has 1 aromatic carbocycles. The van der Waals surface area contributed by atoms with Crippen LogP contribution in [0.25, 0.3) is 0 Å². The minimum Gasteiger partial charge on any atom is -0.383 e. The van der Waals surface area contributed by atoms with Gasteiger partial charge in [0.1, 0.15) is 17.2 Å². The Hall–Kier alpha value is -1.53. The van der Waals surface area contributed by atoms with E-state index in [9.17, 15) is 18.7 Å². The summed E-state index contributed by atoms with van der Waals surface area (Å²) in [5.41, 5.74) is -1.63. The van der Waals surface area contributed by atoms with E-state index in [0.29, 0.717) is 0 Å². The first kappa shape index (κ1) is 17.8. The van der Waals surface area contributed by atoms with Gasteiger partial charge in [0, 0.05) is 11.6 Å². The number of benzene rings is 1. The summed E-state index contributed by atoms with van der Waals surface area (Å²) in [6, 6.07) is 2.83. The Morgan fingerprint density at radius 1 is 1.48 bits per heavy atom. The highest BCUT2D eigenvalue weighted by Crippen LogP contribution is 2.24. The van der Waals surface area contributed by atoms with Gasteiger partial charge in [0.15, 0.2) is 0 Å². The molecule has 2 rings (SSSR count). The zero-order valence-corrected chi connectivity index (χ0v) is 13.6. The van der Waals surface area contributed by atoms with E-state index >= 15 is 0 Å². The van der Waals surface area contributed by atoms with Crippen molar-refractivity contribution in [1.82, 2.24) is 10.2 Å². The summed E-state index contributed by atoms with van der Waals surface area (Å²) in [5.74, 6) is -1.68. The predicted molar refractivity (Wildman–Crippen MR) is 83.8 cm³/mol. The molecule has 2 atom stereocenters. The second-order valence-electron chi connectivity index (χ2n) is 6.31. The molecule has 1 aromatic rings. The van der Waals surface area contributed by atoms with Crippen LogP contribution in [-0.2, 0) is 10.4 Å². The molecule has 1 amide bonds. The number of carbonyl (C=O) groups excluding carboxylic acids is 1. The van der Waals surface area contributed by atoms with Crippen molar-refractivity contribution >= 4 is 5.91 Å². The van der Waals surface area contributed by atoms with Crippen LogP contribution < -0.4 is 5.32 Å². The number of halogens is 2. The summed E-state index contributed by atoms with van der Waals surface area (Å²) in [6.07, 6.45) is 2.74. The van der Waals surface area contributed by atoms with E-state index in [1.165, 1.54) is 13.0 Å². The van der Waals surface area contributed by atoms with Crippen LogP contribution in [-0.4, -0.2) is 41.6 Å². The fourth-order valence-corrected chi connectivity index (χ4v) is 3.08. The van der Waals surface area contributed by atoms with Crippen molar-refractivity contribution in [1.29, 1.82) is 0 Å². The number of amides is 1. The van der Waals surface area contributed by atoms with Crippen molar-refractivity contribution in [2.75, 3.05) is 19.6 Å². The monoisotopic (exact) mass is 326 g/mol. The summed E-state index contributed by atoms with van der Waals surface area (Å²) >= 11 is 0. The molecule has 128 valence electrons. The summed E-state index contributed by atoms with van der Waals surface area (Å²) in [5, 5.41) is 13.1. The Morgan fingerprint density at radius 2 is 2.22 bits per heavy atom. The maximum absolute atomic E-state index is 13.8. The minimum absolute atomic E-state index is 0.0314. The van der Waals surface area contributed by atoms with E-state index in [2.05, 4.69) is 17.1 Å². The lowest BCUT2D eigenvalue weighted by Gasteiger charge is -2.27. The van der Waals surface area contributed by atoms with E-state index in [1.807, 2.05) is 0 Å². The minimum atomic E-state index is -1.60. The van der Waals surface area contributed by atoms with E-state index in [4.69, 9.17) is 0 Å². The van der Waals surface area contributed by atoms with Crippen molar-refractivity contribution in [3.63, 3.8) is 0 Å². The Morgan fingerprint density at radius 3 is 2.87 bits per heavy atom. The third kappa shape index (κ3) is 4.26. The van der Waals surface area contributed by atoms with Crippen LogP contribution in [0.1, 0.15) is 38.7 Å². The Balaban J connectivity index is 1.99. The highest BCUT2D eigenvalue weighted by molar-refractivity contribution is 5.82. The van der Waals surface area contributed by atoms with Crippen molar-refractivity contribution < 1.29 is 18.7 Å². The van der Waals surface area contributed by atoms with Crippen LogP contribution in [0.2, 0.25) is 0 Å². The van der Waals surface area contributed by atoms with E-state index in [-0.39, 0.29) is 24.1 Å².